The van der Waals surface area contributed by atoms with Crippen molar-refractivity contribution in [3.8, 4) is 5.75 Å². The smallest absolute Gasteiger partial charge is 0.163 e. The molecule has 1 unspecified atom stereocenters. The van der Waals surface area contributed by atoms with E-state index in [1.807, 2.05) is 12.1 Å². The van der Waals surface area contributed by atoms with Crippen molar-refractivity contribution in [1.29, 1.82) is 0 Å². The molecule has 3 nitrogen and oxygen atoms in total. The van der Waals surface area contributed by atoms with E-state index >= 15 is 0 Å². The van der Waals surface area contributed by atoms with Crippen molar-refractivity contribution in [1.82, 2.24) is 0 Å². The highest BCUT2D eigenvalue weighted by Gasteiger charge is 2.43. The lowest BCUT2D eigenvalue weighted by Gasteiger charge is -2.31. The number of ketones is 1. The van der Waals surface area contributed by atoms with E-state index in [2.05, 4.69) is 6.07 Å². The number of benzene rings is 1. The fourth-order valence-corrected chi connectivity index (χ4v) is 2.72. The highest BCUT2D eigenvalue weighted by molar-refractivity contribution is 5.91. The number of carbonyl (C=O) groups is 1. The van der Waals surface area contributed by atoms with Crippen LogP contribution < -0.4 is 4.74 Å². The van der Waals surface area contributed by atoms with Crippen LogP contribution in [0.2, 0.25) is 0 Å². The topological polar surface area (TPSA) is 35.5 Å². The van der Waals surface area contributed by atoms with Crippen molar-refractivity contribution in [2.45, 2.75) is 24.9 Å². The van der Waals surface area contributed by atoms with Crippen molar-refractivity contribution in [3.05, 3.63) is 41.7 Å². The highest BCUT2D eigenvalue weighted by atomic mass is 16.5. The second kappa shape index (κ2) is 3.62. The zero-order valence-electron chi connectivity index (χ0n) is 9.73. The van der Waals surface area contributed by atoms with E-state index < -0.39 is 5.60 Å². The van der Waals surface area contributed by atoms with E-state index in [0.29, 0.717) is 6.42 Å². The average Bonchev–Trinajstić information content (AvgIpc) is 2.68. The molecule has 0 saturated carbocycles. The summed E-state index contributed by atoms with van der Waals surface area (Å²) in [5.74, 6) is 0.947. The fraction of sp³-hybridized carbons (Fsp3) is 0.357. The van der Waals surface area contributed by atoms with Crippen LogP contribution in [0.4, 0.5) is 0 Å². The third-order valence-electron chi connectivity index (χ3n) is 3.61. The SMILES string of the molecule is COc1ccc2c(c1)C1(CC2)CC(=O)C=CO1. The molecular weight excluding hydrogens is 216 g/mol. The Balaban J connectivity index is 2.07. The molecule has 1 aromatic carbocycles. The van der Waals surface area contributed by atoms with Crippen LogP contribution in [0.5, 0.6) is 5.75 Å². The summed E-state index contributed by atoms with van der Waals surface area (Å²) in [7, 11) is 1.65. The molecule has 0 fully saturated rings. The summed E-state index contributed by atoms with van der Waals surface area (Å²) in [6.07, 6.45) is 5.29. The molecule has 0 radical (unpaired) electrons. The first-order valence-corrected chi connectivity index (χ1v) is 5.78. The lowest BCUT2D eigenvalue weighted by Crippen LogP contribution is -2.30. The second-order valence-corrected chi connectivity index (χ2v) is 4.58. The van der Waals surface area contributed by atoms with E-state index in [4.69, 9.17) is 9.47 Å². The number of carbonyl (C=O) groups excluding carboxylic acids is 1. The zero-order chi connectivity index (χ0) is 11.9. The predicted octanol–water partition coefficient (Wildman–Crippen LogP) is 2.34. The number of ether oxygens (including phenoxy) is 2. The number of hydrogen-bond donors (Lipinski definition) is 0. The number of hydrogen-bond acceptors (Lipinski definition) is 3. The van der Waals surface area contributed by atoms with Crippen LogP contribution >= 0.6 is 0 Å². The minimum atomic E-state index is -0.449. The van der Waals surface area contributed by atoms with Crippen molar-refractivity contribution in [3.63, 3.8) is 0 Å². The molecule has 1 spiro atoms. The maximum atomic E-state index is 11.6. The Labute approximate surface area is 100 Å². The Morgan fingerprint density at radius 1 is 1.41 bits per heavy atom. The largest absolute Gasteiger partial charge is 0.497 e. The summed E-state index contributed by atoms with van der Waals surface area (Å²) in [4.78, 5) is 11.6. The van der Waals surface area contributed by atoms with Gasteiger partial charge in [-0.2, -0.15) is 0 Å². The zero-order valence-corrected chi connectivity index (χ0v) is 9.73. The molecule has 1 atom stereocenters. The molecule has 17 heavy (non-hydrogen) atoms. The maximum Gasteiger partial charge on any atom is 0.163 e. The quantitative estimate of drug-likeness (QED) is 0.742. The van der Waals surface area contributed by atoms with Crippen molar-refractivity contribution in [2.24, 2.45) is 0 Å². The molecule has 2 aliphatic rings. The third-order valence-corrected chi connectivity index (χ3v) is 3.61. The highest BCUT2D eigenvalue weighted by Crippen LogP contribution is 2.45. The van der Waals surface area contributed by atoms with Gasteiger partial charge in [0, 0.05) is 11.6 Å². The molecule has 1 heterocycles. The van der Waals surface area contributed by atoms with E-state index in [9.17, 15) is 4.79 Å². The molecule has 1 aromatic rings. The Kier molecular flexibility index (Phi) is 2.21. The standard InChI is InChI=1S/C14H14O3/c1-16-12-3-2-10-4-6-14(13(10)8-12)9-11(15)5-7-17-14/h2-3,5,7-8H,4,6,9H2,1H3. The van der Waals surface area contributed by atoms with Gasteiger partial charge in [0.25, 0.3) is 0 Å². The number of aryl methyl sites for hydroxylation is 1. The summed E-state index contributed by atoms with van der Waals surface area (Å²) in [6, 6.07) is 6.02. The first-order chi connectivity index (χ1) is 8.23. The Hall–Kier alpha value is -1.77. The normalized spacial score (nSPS) is 25.8. The fourth-order valence-electron chi connectivity index (χ4n) is 2.72. The Morgan fingerprint density at radius 2 is 2.29 bits per heavy atom. The summed E-state index contributed by atoms with van der Waals surface area (Å²) in [5, 5.41) is 0. The molecule has 3 rings (SSSR count). The van der Waals surface area contributed by atoms with Crippen molar-refractivity contribution < 1.29 is 14.3 Å². The molecule has 0 bridgehead atoms. The summed E-state index contributed by atoms with van der Waals surface area (Å²) >= 11 is 0. The van der Waals surface area contributed by atoms with Gasteiger partial charge in [-0.1, -0.05) is 6.07 Å². The van der Waals surface area contributed by atoms with Gasteiger partial charge >= 0.3 is 0 Å². The maximum absolute atomic E-state index is 11.6. The minimum Gasteiger partial charge on any atom is -0.497 e. The van der Waals surface area contributed by atoms with Crippen molar-refractivity contribution >= 4 is 5.78 Å². The van der Waals surface area contributed by atoms with Crippen LogP contribution in [0.3, 0.4) is 0 Å². The van der Waals surface area contributed by atoms with E-state index in [-0.39, 0.29) is 5.78 Å². The molecule has 0 saturated heterocycles. The molecule has 0 N–H and O–H groups in total. The van der Waals surface area contributed by atoms with Gasteiger partial charge in [0.05, 0.1) is 19.8 Å². The van der Waals surface area contributed by atoms with Crippen LogP contribution in [0.15, 0.2) is 30.5 Å². The molecule has 88 valence electrons. The van der Waals surface area contributed by atoms with Crippen LogP contribution in [0.25, 0.3) is 0 Å². The lowest BCUT2D eigenvalue weighted by molar-refractivity contribution is -0.122. The third kappa shape index (κ3) is 1.54. The number of allylic oxidation sites excluding steroid dienone is 1. The Morgan fingerprint density at radius 3 is 3.06 bits per heavy atom. The number of fused-ring (bicyclic) bond motifs is 2. The first kappa shape index (κ1) is 10.4. The van der Waals surface area contributed by atoms with Gasteiger partial charge in [0.15, 0.2) is 5.78 Å². The lowest BCUT2D eigenvalue weighted by atomic mass is 9.88. The van der Waals surface area contributed by atoms with Gasteiger partial charge in [-0.25, -0.2) is 0 Å². The molecule has 1 aliphatic heterocycles. The molecule has 1 aliphatic carbocycles. The summed E-state index contributed by atoms with van der Waals surface area (Å²) in [5.41, 5.74) is 1.92. The number of rotatable bonds is 1. The van der Waals surface area contributed by atoms with Gasteiger partial charge < -0.3 is 9.47 Å². The molecule has 0 amide bonds. The first-order valence-electron chi connectivity index (χ1n) is 5.78. The second-order valence-electron chi connectivity index (χ2n) is 4.58. The monoisotopic (exact) mass is 230 g/mol. The predicted molar refractivity (Wildman–Crippen MR) is 62.8 cm³/mol. The number of methoxy groups -OCH3 is 1. The van der Waals surface area contributed by atoms with Gasteiger partial charge in [-0.3, -0.25) is 4.79 Å². The summed E-state index contributed by atoms with van der Waals surface area (Å²) in [6.45, 7) is 0. The van der Waals surface area contributed by atoms with Gasteiger partial charge in [0.1, 0.15) is 11.4 Å². The molecule has 3 heteroatoms. The van der Waals surface area contributed by atoms with Gasteiger partial charge in [-0.15, -0.1) is 0 Å². The van der Waals surface area contributed by atoms with E-state index in [1.54, 1.807) is 7.11 Å². The minimum absolute atomic E-state index is 0.131. The van der Waals surface area contributed by atoms with E-state index in [1.165, 1.54) is 17.9 Å². The van der Waals surface area contributed by atoms with Crippen molar-refractivity contribution in [2.75, 3.05) is 7.11 Å². The summed E-state index contributed by atoms with van der Waals surface area (Å²) < 4.78 is 11.0. The van der Waals surface area contributed by atoms with Crippen LogP contribution in [-0.2, 0) is 21.6 Å². The molecule has 0 aromatic heterocycles. The van der Waals surface area contributed by atoms with Crippen LogP contribution in [-0.4, -0.2) is 12.9 Å². The van der Waals surface area contributed by atoms with Crippen LogP contribution in [0.1, 0.15) is 24.0 Å². The van der Waals surface area contributed by atoms with Crippen LogP contribution in [0, 0.1) is 0 Å². The molecular formula is C14H14O3. The van der Waals surface area contributed by atoms with Gasteiger partial charge in [0.2, 0.25) is 0 Å². The van der Waals surface area contributed by atoms with E-state index in [0.717, 1.165) is 24.2 Å². The van der Waals surface area contributed by atoms with Gasteiger partial charge in [-0.05, 0) is 30.5 Å². The Bertz CT molecular complexity index is 504. The average molecular weight is 230 g/mol.